The van der Waals surface area contributed by atoms with Gasteiger partial charge in [-0.25, -0.2) is 4.39 Å². The van der Waals surface area contributed by atoms with Gasteiger partial charge in [0.25, 0.3) is 0 Å². The molecule has 14 heavy (non-hydrogen) atoms. The summed E-state index contributed by atoms with van der Waals surface area (Å²) in [4.78, 5) is 0. The quantitative estimate of drug-likeness (QED) is 0.704. The zero-order valence-electron chi connectivity index (χ0n) is 7.94. The van der Waals surface area contributed by atoms with Crippen molar-refractivity contribution in [2.45, 2.75) is 13.0 Å². The molecule has 0 aliphatic rings. The van der Waals surface area contributed by atoms with Gasteiger partial charge in [-0.05, 0) is 25.1 Å². The van der Waals surface area contributed by atoms with Crippen LogP contribution in [-0.4, -0.2) is 17.8 Å². The van der Waals surface area contributed by atoms with Crippen molar-refractivity contribution >= 4 is 0 Å². The second-order valence-electron chi connectivity index (χ2n) is 2.71. The van der Waals surface area contributed by atoms with Gasteiger partial charge in [0.1, 0.15) is 5.82 Å². The summed E-state index contributed by atoms with van der Waals surface area (Å²) in [6.07, 6.45) is -0.338. The Morgan fingerprint density at radius 2 is 2.21 bits per heavy atom. The Morgan fingerprint density at radius 1 is 1.64 bits per heavy atom. The summed E-state index contributed by atoms with van der Waals surface area (Å²) >= 11 is 0. The minimum Gasteiger partial charge on any atom is -0.392 e. The van der Waals surface area contributed by atoms with E-state index in [1.165, 1.54) is 18.2 Å². The molecule has 1 atom stereocenters. The summed E-state index contributed by atoms with van der Waals surface area (Å²) in [6, 6.07) is 7.40. The molecule has 1 unspecified atom stereocenters. The maximum absolute atomic E-state index is 12.2. The first kappa shape index (κ1) is 12.6. The molecule has 0 saturated carbocycles. The first-order chi connectivity index (χ1) is 6.60. The molecule has 0 fully saturated rings. The summed E-state index contributed by atoms with van der Waals surface area (Å²) in [6.45, 7) is 2.01. The van der Waals surface area contributed by atoms with E-state index in [2.05, 4.69) is 0 Å². The van der Waals surface area contributed by atoms with Gasteiger partial charge >= 0.3 is 0 Å². The van der Waals surface area contributed by atoms with E-state index in [9.17, 15) is 4.39 Å². The second-order valence-corrected chi connectivity index (χ2v) is 2.71. The van der Waals surface area contributed by atoms with Crippen molar-refractivity contribution in [1.29, 1.82) is 5.26 Å². The fraction of sp³-hybridized carbons (Fsp3) is 0.300. The Labute approximate surface area is 82.6 Å². The van der Waals surface area contributed by atoms with Crippen molar-refractivity contribution in [2.24, 2.45) is 5.73 Å². The predicted octanol–water partition coefficient (Wildman–Crippen LogP) is 1.02. The number of rotatable bonds is 1. The molecule has 0 radical (unpaired) electrons. The highest BCUT2D eigenvalue weighted by atomic mass is 19.1. The summed E-state index contributed by atoms with van der Waals surface area (Å²) in [7, 11) is 0. The van der Waals surface area contributed by atoms with Gasteiger partial charge in [-0.2, -0.15) is 5.26 Å². The molecule has 0 heterocycles. The number of aliphatic hydroxyl groups excluding tert-OH is 1. The zero-order valence-corrected chi connectivity index (χ0v) is 7.94. The SMILES string of the molecule is CC(O)CN.N#Cc1cccc(F)c1. The largest absolute Gasteiger partial charge is 0.392 e. The van der Waals surface area contributed by atoms with Crippen LogP contribution in [0.5, 0.6) is 0 Å². The summed E-state index contributed by atoms with van der Waals surface area (Å²) in [5.41, 5.74) is 5.28. The van der Waals surface area contributed by atoms with Crippen LogP contribution in [-0.2, 0) is 0 Å². The highest BCUT2D eigenvalue weighted by molar-refractivity contribution is 5.28. The lowest BCUT2D eigenvalue weighted by molar-refractivity contribution is 0.203. The third-order valence-electron chi connectivity index (χ3n) is 1.29. The normalized spacial score (nSPS) is 10.8. The van der Waals surface area contributed by atoms with Gasteiger partial charge < -0.3 is 10.8 Å². The average Bonchev–Trinajstić information content (AvgIpc) is 2.18. The minimum atomic E-state index is -0.367. The molecule has 4 heteroatoms. The van der Waals surface area contributed by atoms with Crippen LogP contribution < -0.4 is 5.73 Å². The molecule has 1 aromatic rings. The van der Waals surface area contributed by atoms with Gasteiger partial charge in [0.2, 0.25) is 0 Å². The average molecular weight is 196 g/mol. The van der Waals surface area contributed by atoms with E-state index in [1.807, 2.05) is 6.07 Å². The molecule has 0 aromatic heterocycles. The third kappa shape index (κ3) is 6.12. The van der Waals surface area contributed by atoms with Crippen LogP contribution in [0.3, 0.4) is 0 Å². The second kappa shape index (κ2) is 7.01. The van der Waals surface area contributed by atoms with Crippen LogP contribution in [0, 0.1) is 17.1 Å². The number of nitrogens with two attached hydrogens (primary N) is 1. The standard InChI is InChI=1S/C7H4FN.C3H9NO/c8-7-3-1-2-6(4-7)5-9;1-3(5)2-4/h1-4H;3,5H,2,4H2,1H3. The zero-order chi connectivity index (χ0) is 11.0. The molecule has 0 aliphatic heterocycles. The van der Waals surface area contributed by atoms with Gasteiger partial charge in [-0.15, -0.1) is 0 Å². The lowest BCUT2D eigenvalue weighted by atomic mass is 10.2. The van der Waals surface area contributed by atoms with Crippen LogP contribution in [0.2, 0.25) is 0 Å². The van der Waals surface area contributed by atoms with Gasteiger partial charge in [0, 0.05) is 6.54 Å². The number of hydrogen-bond donors (Lipinski definition) is 2. The van der Waals surface area contributed by atoms with Crippen LogP contribution in [0.15, 0.2) is 24.3 Å². The first-order valence-corrected chi connectivity index (χ1v) is 4.14. The Kier molecular flexibility index (Phi) is 6.29. The monoisotopic (exact) mass is 196 g/mol. The van der Waals surface area contributed by atoms with Crippen LogP contribution in [0.4, 0.5) is 4.39 Å². The Bertz CT molecular complexity index is 307. The highest BCUT2D eigenvalue weighted by Crippen LogP contribution is 2.00. The van der Waals surface area contributed by atoms with Gasteiger partial charge in [0.15, 0.2) is 0 Å². The molecule has 1 aromatic carbocycles. The lowest BCUT2D eigenvalue weighted by Crippen LogP contribution is -2.14. The van der Waals surface area contributed by atoms with Crippen molar-refractivity contribution in [3.63, 3.8) is 0 Å². The fourth-order valence-corrected chi connectivity index (χ4v) is 0.558. The fourth-order valence-electron chi connectivity index (χ4n) is 0.558. The van der Waals surface area contributed by atoms with Crippen LogP contribution >= 0.6 is 0 Å². The minimum absolute atomic E-state index is 0.338. The first-order valence-electron chi connectivity index (χ1n) is 4.14. The van der Waals surface area contributed by atoms with E-state index in [0.717, 1.165) is 0 Å². The Hall–Kier alpha value is -1.44. The highest BCUT2D eigenvalue weighted by Gasteiger charge is 1.89. The molecule has 76 valence electrons. The van der Waals surface area contributed by atoms with E-state index >= 15 is 0 Å². The molecule has 0 amide bonds. The number of halogens is 1. The number of benzene rings is 1. The van der Waals surface area contributed by atoms with Crippen molar-refractivity contribution in [1.82, 2.24) is 0 Å². The molecule has 3 N–H and O–H groups in total. The van der Waals surface area contributed by atoms with E-state index in [1.54, 1.807) is 13.0 Å². The molecule has 0 aliphatic carbocycles. The lowest BCUT2D eigenvalue weighted by Gasteiger charge is -1.91. The number of aliphatic hydroxyl groups is 1. The van der Waals surface area contributed by atoms with Gasteiger partial charge in [-0.3, -0.25) is 0 Å². The van der Waals surface area contributed by atoms with Crippen molar-refractivity contribution in [2.75, 3.05) is 6.54 Å². The molecule has 0 bridgehead atoms. The summed E-state index contributed by atoms with van der Waals surface area (Å²) in [5, 5.41) is 16.5. The smallest absolute Gasteiger partial charge is 0.124 e. The number of nitriles is 1. The molecular weight excluding hydrogens is 183 g/mol. The van der Waals surface area contributed by atoms with Crippen molar-refractivity contribution < 1.29 is 9.50 Å². The Morgan fingerprint density at radius 3 is 2.50 bits per heavy atom. The van der Waals surface area contributed by atoms with E-state index in [0.29, 0.717) is 12.1 Å². The third-order valence-corrected chi connectivity index (χ3v) is 1.29. The van der Waals surface area contributed by atoms with E-state index in [4.69, 9.17) is 16.1 Å². The van der Waals surface area contributed by atoms with Gasteiger partial charge in [-0.1, -0.05) is 6.07 Å². The number of nitrogens with zero attached hydrogens (tertiary/aromatic N) is 1. The predicted molar refractivity (Wildman–Crippen MR) is 51.9 cm³/mol. The Balaban J connectivity index is 0.000000292. The van der Waals surface area contributed by atoms with E-state index < -0.39 is 0 Å². The molecule has 0 spiro atoms. The topological polar surface area (TPSA) is 70.0 Å². The molecule has 0 saturated heterocycles. The molecule has 3 nitrogen and oxygen atoms in total. The maximum Gasteiger partial charge on any atom is 0.124 e. The summed E-state index contributed by atoms with van der Waals surface area (Å²) < 4.78 is 12.2. The van der Waals surface area contributed by atoms with E-state index in [-0.39, 0.29) is 11.9 Å². The molecular formula is C10H13FN2O. The van der Waals surface area contributed by atoms with Gasteiger partial charge in [0.05, 0.1) is 17.7 Å². The van der Waals surface area contributed by atoms with Crippen LogP contribution in [0.25, 0.3) is 0 Å². The number of hydrogen-bond acceptors (Lipinski definition) is 3. The van der Waals surface area contributed by atoms with Crippen molar-refractivity contribution in [3.8, 4) is 6.07 Å². The molecule has 1 rings (SSSR count). The summed E-state index contributed by atoms with van der Waals surface area (Å²) in [5.74, 6) is -0.367. The van der Waals surface area contributed by atoms with Crippen LogP contribution in [0.1, 0.15) is 12.5 Å². The maximum atomic E-state index is 12.2. The van der Waals surface area contributed by atoms with Crippen molar-refractivity contribution in [3.05, 3.63) is 35.6 Å².